The lowest BCUT2D eigenvalue weighted by Gasteiger charge is -2.02. The molecule has 3 aromatic rings. The van der Waals surface area contributed by atoms with E-state index in [0.29, 0.717) is 22.0 Å². The number of H-pyrrole nitrogens is 1. The van der Waals surface area contributed by atoms with Gasteiger partial charge in [0.2, 0.25) is 5.91 Å². The lowest BCUT2D eigenvalue weighted by atomic mass is 10.1. The molecule has 0 saturated carbocycles. The molecule has 0 aliphatic rings. The fraction of sp³-hybridized carbons (Fsp3) is 0.125. The number of carbonyl (C=O) groups is 1. The van der Waals surface area contributed by atoms with Gasteiger partial charge in [0.25, 0.3) is 0 Å². The van der Waals surface area contributed by atoms with Gasteiger partial charge in [0.1, 0.15) is 5.65 Å². The maximum absolute atomic E-state index is 11.6. The zero-order valence-electron chi connectivity index (χ0n) is 12.6. The highest BCUT2D eigenvalue weighted by molar-refractivity contribution is 6.31. The Morgan fingerprint density at radius 3 is 2.96 bits per heavy atom. The third-order valence-corrected chi connectivity index (χ3v) is 3.58. The van der Waals surface area contributed by atoms with Gasteiger partial charge in [-0.1, -0.05) is 11.6 Å². The Labute approximate surface area is 137 Å². The van der Waals surface area contributed by atoms with Gasteiger partial charge >= 0.3 is 0 Å². The number of aromatic amines is 1. The minimum absolute atomic E-state index is 0.153. The number of nitrogens with zero attached hydrogens (tertiary/aromatic N) is 3. The molecule has 0 radical (unpaired) electrons. The normalized spacial score (nSPS) is 11.7. The third kappa shape index (κ3) is 3.07. The van der Waals surface area contributed by atoms with E-state index in [1.807, 2.05) is 12.3 Å². The molecule has 3 heterocycles. The first kappa shape index (κ1) is 15.2. The molecule has 0 bridgehead atoms. The highest BCUT2D eigenvalue weighted by Crippen LogP contribution is 2.27. The number of hydrogen-bond acceptors (Lipinski definition) is 4. The molecule has 116 valence electrons. The number of carbonyl (C=O) groups excluding carboxylic acids is 1. The number of aromatic nitrogens is 4. The fourth-order valence-electron chi connectivity index (χ4n) is 2.25. The summed E-state index contributed by atoms with van der Waals surface area (Å²) < 4.78 is 0. The number of amides is 1. The van der Waals surface area contributed by atoms with E-state index < -0.39 is 0 Å². The van der Waals surface area contributed by atoms with Crippen LogP contribution in [-0.4, -0.2) is 32.9 Å². The van der Waals surface area contributed by atoms with Crippen LogP contribution in [0.2, 0.25) is 5.02 Å². The zero-order valence-corrected chi connectivity index (χ0v) is 13.3. The molecule has 6 nitrogen and oxygen atoms in total. The molecule has 0 saturated heterocycles. The van der Waals surface area contributed by atoms with Crippen molar-refractivity contribution in [2.75, 3.05) is 7.05 Å². The molecule has 1 amide bonds. The van der Waals surface area contributed by atoms with Crippen LogP contribution in [0, 0.1) is 0 Å². The zero-order chi connectivity index (χ0) is 16.4. The predicted molar refractivity (Wildman–Crippen MR) is 89.8 cm³/mol. The van der Waals surface area contributed by atoms with Crippen molar-refractivity contribution in [3.05, 3.63) is 47.1 Å². The van der Waals surface area contributed by atoms with Crippen molar-refractivity contribution >= 4 is 34.6 Å². The van der Waals surface area contributed by atoms with Crippen molar-refractivity contribution in [3.8, 4) is 11.3 Å². The average Bonchev–Trinajstić information content (AvgIpc) is 2.97. The summed E-state index contributed by atoms with van der Waals surface area (Å²) in [6, 6.07) is 1.83. The summed E-state index contributed by atoms with van der Waals surface area (Å²) in [6.07, 6.45) is 8.36. The van der Waals surface area contributed by atoms with Crippen molar-refractivity contribution < 1.29 is 4.79 Å². The number of pyridine rings is 1. The summed E-state index contributed by atoms with van der Waals surface area (Å²) in [6.45, 7) is 1.72. The average molecular weight is 328 g/mol. The smallest absolute Gasteiger partial charge is 0.246 e. The predicted octanol–water partition coefficient (Wildman–Crippen LogP) is 2.82. The first-order valence-electron chi connectivity index (χ1n) is 6.94. The fourth-order valence-corrected chi connectivity index (χ4v) is 2.41. The molecule has 3 rings (SSSR count). The van der Waals surface area contributed by atoms with Crippen LogP contribution < -0.4 is 5.32 Å². The topological polar surface area (TPSA) is 83.6 Å². The van der Waals surface area contributed by atoms with E-state index in [4.69, 9.17) is 11.6 Å². The molecule has 0 aliphatic carbocycles. The first-order chi connectivity index (χ1) is 11.1. The van der Waals surface area contributed by atoms with E-state index in [2.05, 4.69) is 25.3 Å². The SMILES string of the molecule is CNC(=O)/C(C)=C/c1cncc(-c2c[nH]c3ncc(Cl)cc23)n1. The lowest BCUT2D eigenvalue weighted by molar-refractivity contribution is -0.116. The van der Waals surface area contributed by atoms with Crippen LogP contribution in [0.1, 0.15) is 12.6 Å². The summed E-state index contributed by atoms with van der Waals surface area (Å²) in [4.78, 5) is 27.6. The largest absolute Gasteiger partial charge is 0.355 e. The second-order valence-corrected chi connectivity index (χ2v) is 5.42. The van der Waals surface area contributed by atoms with Crippen molar-refractivity contribution in [2.24, 2.45) is 0 Å². The van der Waals surface area contributed by atoms with Crippen molar-refractivity contribution in [2.45, 2.75) is 6.92 Å². The Morgan fingerprint density at radius 2 is 2.17 bits per heavy atom. The molecule has 3 aromatic heterocycles. The number of halogens is 1. The summed E-state index contributed by atoms with van der Waals surface area (Å²) >= 11 is 6.02. The molecule has 7 heteroatoms. The molecule has 0 unspecified atom stereocenters. The van der Waals surface area contributed by atoms with Crippen LogP contribution in [0.4, 0.5) is 0 Å². The van der Waals surface area contributed by atoms with Crippen molar-refractivity contribution in [1.29, 1.82) is 0 Å². The van der Waals surface area contributed by atoms with Gasteiger partial charge < -0.3 is 10.3 Å². The van der Waals surface area contributed by atoms with Crippen LogP contribution in [0.3, 0.4) is 0 Å². The monoisotopic (exact) mass is 327 g/mol. The van der Waals surface area contributed by atoms with Gasteiger partial charge in [0.05, 0.1) is 28.8 Å². The molecule has 23 heavy (non-hydrogen) atoms. The molecule has 0 atom stereocenters. The number of fused-ring (bicyclic) bond motifs is 1. The number of hydrogen-bond donors (Lipinski definition) is 2. The van der Waals surface area contributed by atoms with Gasteiger partial charge in [-0.3, -0.25) is 9.78 Å². The van der Waals surface area contributed by atoms with Crippen molar-refractivity contribution in [1.82, 2.24) is 25.3 Å². The summed E-state index contributed by atoms with van der Waals surface area (Å²) in [5.41, 5.74) is 3.43. The van der Waals surface area contributed by atoms with E-state index in [-0.39, 0.29) is 5.91 Å². The van der Waals surface area contributed by atoms with Crippen LogP contribution in [-0.2, 0) is 4.79 Å². The van der Waals surface area contributed by atoms with E-state index in [0.717, 1.165) is 16.6 Å². The van der Waals surface area contributed by atoms with Gasteiger partial charge in [0.15, 0.2) is 0 Å². The van der Waals surface area contributed by atoms with Gasteiger partial charge in [-0.05, 0) is 19.1 Å². The Hall–Kier alpha value is -2.73. The van der Waals surface area contributed by atoms with Gasteiger partial charge in [-0.25, -0.2) is 9.97 Å². The standard InChI is InChI=1S/C16H14ClN5O/c1-9(16(23)18-2)3-11-6-19-8-14(22-11)13-7-21-15-12(13)4-10(17)5-20-15/h3-8H,1-2H3,(H,18,23)(H,20,21)/b9-3+. The van der Waals surface area contributed by atoms with Crippen LogP contribution in [0.5, 0.6) is 0 Å². The maximum atomic E-state index is 11.6. The van der Waals surface area contributed by atoms with Gasteiger partial charge in [-0.15, -0.1) is 0 Å². The number of nitrogens with one attached hydrogen (secondary N) is 2. The van der Waals surface area contributed by atoms with E-state index in [1.54, 1.807) is 38.6 Å². The Bertz CT molecular complexity index is 916. The molecule has 2 N–H and O–H groups in total. The molecule has 0 aromatic carbocycles. The maximum Gasteiger partial charge on any atom is 0.246 e. The second kappa shape index (κ2) is 6.18. The van der Waals surface area contributed by atoms with E-state index in [1.165, 1.54) is 0 Å². The van der Waals surface area contributed by atoms with Crippen LogP contribution in [0.15, 0.2) is 36.4 Å². The highest BCUT2D eigenvalue weighted by atomic mass is 35.5. The molecule has 0 fully saturated rings. The van der Waals surface area contributed by atoms with Gasteiger partial charge in [-0.2, -0.15) is 0 Å². The molecular weight excluding hydrogens is 314 g/mol. The van der Waals surface area contributed by atoms with Gasteiger partial charge in [0, 0.05) is 36.0 Å². The minimum Gasteiger partial charge on any atom is -0.355 e. The lowest BCUT2D eigenvalue weighted by Crippen LogP contribution is -2.18. The third-order valence-electron chi connectivity index (χ3n) is 3.38. The van der Waals surface area contributed by atoms with Crippen molar-refractivity contribution in [3.63, 3.8) is 0 Å². The number of rotatable bonds is 3. The summed E-state index contributed by atoms with van der Waals surface area (Å²) in [7, 11) is 1.59. The highest BCUT2D eigenvalue weighted by Gasteiger charge is 2.10. The molecule has 0 aliphatic heterocycles. The van der Waals surface area contributed by atoms with E-state index in [9.17, 15) is 4.79 Å². The second-order valence-electron chi connectivity index (χ2n) is 4.99. The van der Waals surface area contributed by atoms with Crippen LogP contribution in [0.25, 0.3) is 28.4 Å². The number of likely N-dealkylation sites (N-methyl/N-ethyl adjacent to an activating group) is 1. The van der Waals surface area contributed by atoms with Crippen LogP contribution >= 0.6 is 11.6 Å². The quantitative estimate of drug-likeness (QED) is 0.724. The molecular formula is C16H14ClN5O. The minimum atomic E-state index is -0.153. The summed E-state index contributed by atoms with van der Waals surface area (Å²) in [5.74, 6) is -0.153. The summed E-state index contributed by atoms with van der Waals surface area (Å²) in [5, 5.41) is 4.00. The Morgan fingerprint density at radius 1 is 1.35 bits per heavy atom. The molecule has 0 spiro atoms. The Kier molecular flexibility index (Phi) is 4.08. The Balaban J connectivity index is 2.05. The first-order valence-corrected chi connectivity index (χ1v) is 7.31. The van der Waals surface area contributed by atoms with E-state index >= 15 is 0 Å².